The Kier molecular flexibility index (Phi) is 3.16. The molecule has 0 fully saturated rings. The number of aromatic nitrogens is 3. The number of nitrogens with one attached hydrogen (secondary N) is 1. The van der Waals surface area contributed by atoms with Crippen LogP contribution in [0.25, 0.3) is 5.65 Å². The van der Waals surface area contributed by atoms with Crippen molar-refractivity contribution in [1.29, 1.82) is 0 Å². The molecule has 0 saturated carbocycles. The van der Waals surface area contributed by atoms with Crippen LogP contribution in [0.1, 0.15) is 10.4 Å². The molecule has 0 spiro atoms. The largest absolute Gasteiger partial charge is 0.321 e. The molecule has 0 aliphatic rings. The molecule has 0 aliphatic carbocycles. The van der Waals surface area contributed by atoms with E-state index in [0.717, 1.165) is 9.22 Å². The van der Waals surface area contributed by atoms with Gasteiger partial charge in [-0.1, -0.05) is 0 Å². The maximum atomic E-state index is 12.0. The number of carbonyl (C=O) groups is 1. The van der Waals surface area contributed by atoms with Gasteiger partial charge in [-0.2, -0.15) is 0 Å². The standard InChI is InChI=1S/C13H9IN4O/c14-10-3-1-9(2-4-10)13(19)16-11-5-6-12-17-15-8-18(12)7-11/h1-8H,(H,16,19). The summed E-state index contributed by atoms with van der Waals surface area (Å²) in [6.45, 7) is 0. The first-order chi connectivity index (χ1) is 9.22. The van der Waals surface area contributed by atoms with Crippen LogP contribution in [0.5, 0.6) is 0 Å². The van der Waals surface area contributed by atoms with Crippen molar-refractivity contribution in [2.75, 3.05) is 5.32 Å². The van der Waals surface area contributed by atoms with E-state index in [9.17, 15) is 4.79 Å². The molecule has 94 valence electrons. The van der Waals surface area contributed by atoms with E-state index in [1.54, 1.807) is 41.2 Å². The summed E-state index contributed by atoms with van der Waals surface area (Å²) in [5.74, 6) is -0.135. The first kappa shape index (κ1) is 12.1. The molecule has 19 heavy (non-hydrogen) atoms. The van der Waals surface area contributed by atoms with Crippen molar-refractivity contribution in [2.45, 2.75) is 0 Å². The van der Waals surface area contributed by atoms with Crippen LogP contribution >= 0.6 is 22.6 Å². The van der Waals surface area contributed by atoms with Gasteiger partial charge in [-0.3, -0.25) is 9.20 Å². The van der Waals surface area contributed by atoms with Crippen LogP contribution in [0.2, 0.25) is 0 Å². The molecule has 5 nitrogen and oxygen atoms in total. The highest BCUT2D eigenvalue weighted by Gasteiger charge is 2.06. The first-order valence-electron chi connectivity index (χ1n) is 5.59. The molecule has 1 aromatic carbocycles. The average Bonchev–Trinajstić information content (AvgIpc) is 2.87. The van der Waals surface area contributed by atoms with Gasteiger partial charge in [0.15, 0.2) is 5.65 Å². The second-order valence-electron chi connectivity index (χ2n) is 3.98. The monoisotopic (exact) mass is 364 g/mol. The predicted molar refractivity (Wildman–Crippen MR) is 80.1 cm³/mol. The van der Waals surface area contributed by atoms with Crippen LogP contribution in [0.3, 0.4) is 0 Å². The zero-order chi connectivity index (χ0) is 13.2. The van der Waals surface area contributed by atoms with Crippen molar-refractivity contribution in [3.8, 4) is 0 Å². The Hall–Kier alpha value is -1.96. The maximum absolute atomic E-state index is 12.0. The average molecular weight is 364 g/mol. The molecule has 6 heteroatoms. The van der Waals surface area contributed by atoms with Gasteiger partial charge in [0, 0.05) is 15.3 Å². The lowest BCUT2D eigenvalue weighted by Crippen LogP contribution is -2.12. The number of halogens is 1. The summed E-state index contributed by atoms with van der Waals surface area (Å²) in [7, 11) is 0. The molecule has 3 rings (SSSR count). The minimum Gasteiger partial charge on any atom is -0.321 e. The topological polar surface area (TPSA) is 59.3 Å². The molecule has 3 aromatic rings. The fourth-order valence-electron chi connectivity index (χ4n) is 1.71. The zero-order valence-electron chi connectivity index (χ0n) is 9.75. The zero-order valence-corrected chi connectivity index (χ0v) is 11.9. The van der Waals surface area contributed by atoms with Gasteiger partial charge < -0.3 is 5.32 Å². The lowest BCUT2D eigenvalue weighted by Gasteiger charge is -2.05. The minimum atomic E-state index is -0.135. The number of rotatable bonds is 2. The highest BCUT2D eigenvalue weighted by Crippen LogP contribution is 2.12. The molecule has 1 amide bonds. The molecule has 0 saturated heterocycles. The van der Waals surface area contributed by atoms with E-state index in [1.807, 2.05) is 12.1 Å². The number of anilines is 1. The molecule has 1 N–H and O–H groups in total. The smallest absolute Gasteiger partial charge is 0.255 e. The summed E-state index contributed by atoms with van der Waals surface area (Å²) in [4.78, 5) is 12.0. The number of hydrogen-bond donors (Lipinski definition) is 1. The number of fused-ring (bicyclic) bond motifs is 1. The highest BCUT2D eigenvalue weighted by molar-refractivity contribution is 14.1. The van der Waals surface area contributed by atoms with Crippen molar-refractivity contribution in [3.05, 3.63) is 58.1 Å². The van der Waals surface area contributed by atoms with E-state index < -0.39 is 0 Å². The van der Waals surface area contributed by atoms with E-state index in [0.29, 0.717) is 11.3 Å². The Morgan fingerprint density at radius 2 is 1.95 bits per heavy atom. The Morgan fingerprint density at radius 1 is 1.16 bits per heavy atom. The van der Waals surface area contributed by atoms with E-state index >= 15 is 0 Å². The fourth-order valence-corrected chi connectivity index (χ4v) is 2.07. The Labute approximate surface area is 122 Å². The molecule has 0 atom stereocenters. The third kappa shape index (κ3) is 2.58. The van der Waals surface area contributed by atoms with Crippen molar-refractivity contribution < 1.29 is 4.79 Å². The second-order valence-corrected chi connectivity index (χ2v) is 5.22. The summed E-state index contributed by atoms with van der Waals surface area (Å²) in [5, 5.41) is 10.5. The highest BCUT2D eigenvalue weighted by atomic mass is 127. The van der Waals surface area contributed by atoms with E-state index in [4.69, 9.17) is 0 Å². The first-order valence-corrected chi connectivity index (χ1v) is 6.66. The van der Waals surface area contributed by atoms with Crippen LogP contribution in [-0.2, 0) is 0 Å². The number of carbonyl (C=O) groups excluding carboxylic acids is 1. The van der Waals surface area contributed by atoms with Crippen molar-refractivity contribution in [2.24, 2.45) is 0 Å². The fraction of sp³-hybridized carbons (Fsp3) is 0. The number of nitrogens with zero attached hydrogens (tertiary/aromatic N) is 3. The molecule has 0 aliphatic heterocycles. The third-order valence-electron chi connectivity index (χ3n) is 2.66. The summed E-state index contributed by atoms with van der Waals surface area (Å²) in [6, 6.07) is 11.0. The van der Waals surface area contributed by atoms with Gasteiger partial charge in [-0.25, -0.2) is 0 Å². The van der Waals surface area contributed by atoms with Crippen LogP contribution in [0.15, 0.2) is 48.9 Å². The summed E-state index contributed by atoms with van der Waals surface area (Å²) >= 11 is 2.20. The van der Waals surface area contributed by atoms with E-state index in [2.05, 4.69) is 38.1 Å². The van der Waals surface area contributed by atoms with Crippen LogP contribution in [0.4, 0.5) is 5.69 Å². The van der Waals surface area contributed by atoms with Gasteiger partial charge in [0.05, 0.1) is 5.69 Å². The molecule has 2 heterocycles. The van der Waals surface area contributed by atoms with Crippen molar-refractivity contribution in [1.82, 2.24) is 14.6 Å². The Balaban J connectivity index is 1.83. The van der Waals surface area contributed by atoms with Crippen LogP contribution in [0, 0.1) is 3.57 Å². The lowest BCUT2D eigenvalue weighted by molar-refractivity contribution is 0.102. The van der Waals surface area contributed by atoms with E-state index in [1.165, 1.54) is 0 Å². The number of pyridine rings is 1. The third-order valence-corrected chi connectivity index (χ3v) is 3.37. The van der Waals surface area contributed by atoms with Crippen LogP contribution < -0.4 is 5.32 Å². The summed E-state index contributed by atoms with van der Waals surface area (Å²) < 4.78 is 2.85. The lowest BCUT2D eigenvalue weighted by atomic mass is 10.2. The molecular formula is C13H9IN4O. The molecular weight excluding hydrogens is 355 g/mol. The quantitative estimate of drug-likeness (QED) is 0.712. The van der Waals surface area contributed by atoms with Crippen molar-refractivity contribution >= 4 is 39.8 Å². The molecule has 0 radical (unpaired) electrons. The van der Waals surface area contributed by atoms with Crippen molar-refractivity contribution in [3.63, 3.8) is 0 Å². The number of amides is 1. The van der Waals surface area contributed by atoms with Gasteiger partial charge in [0.25, 0.3) is 5.91 Å². The molecule has 0 unspecified atom stereocenters. The van der Waals surface area contributed by atoms with Gasteiger partial charge in [0.2, 0.25) is 0 Å². The molecule has 0 bridgehead atoms. The summed E-state index contributed by atoms with van der Waals surface area (Å²) in [5.41, 5.74) is 2.08. The second kappa shape index (κ2) is 4.96. The number of hydrogen-bond acceptors (Lipinski definition) is 3. The predicted octanol–water partition coefficient (Wildman–Crippen LogP) is 2.59. The van der Waals surface area contributed by atoms with E-state index in [-0.39, 0.29) is 5.91 Å². The minimum absolute atomic E-state index is 0.135. The molecule has 2 aromatic heterocycles. The Bertz CT molecular complexity index is 736. The van der Waals surface area contributed by atoms with Crippen LogP contribution in [-0.4, -0.2) is 20.5 Å². The van der Waals surface area contributed by atoms with Gasteiger partial charge in [0.1, 0.15) is 6.33 Å². The van der Waals surface area contributed by atoms with Gasteiger partial charge >= 0.3 is 0 Å². The summed E-state index contributed by atoms with van der Waals surface area (Å²) in [6.07, 6.45) is 3.37. The SMILES string of the molecule is O=C(Nc1ccc2nncn2c1)c1ccc(I)cc1. The van der Waals surface area contributed by atoms with Gasteiger partial charge in [-0.15, -0.1) is 10.2 Å². The Morgan fingerprint density at radius 3 is 2.74 bits per heavy atom. The van der Waals surface area contributed by atoms with Gasteiger partial charge in [-0.05, 0) is 59.0 Å². The number of benzene rings is 1. The maximum Gasteiger partial charge on any atom is 0.255 e. The normalized spacial score (nSPS) is 10.6.